The number of aliphatic hydroxyl groups is 1. The minimum atomic E-state index is -1.07. The zero-order valence-electron chi connectivity index (χ0n) is 16.6. The Bertz CT molecular complexity index is 871. The average Bonchev–Trinajstić information content (AvgIpc) is 3.18. The summed E-state index contributed by atoms with van der Waals surface area (Å²) in [7, 11) is 1.30. The maximum absolute atomic E-state index is 13.2. The number of likely N-dealkylation sites (tertiary alicyclic amines) is 1. The van der Waals surface area contributed by atoms with Crippen LogP contribution in [0.15, 0.2) is 30.5 Å². The summed E-state index contributed by atoms with van der Waals surface area (Å²) in [6, 6.07) is 6.60. The Morgan fingerprint density at radius 3 is 2.50 bits per heavy atom. The van der Waals surface area contributed by atoms with Crippen LogP contribution in [0.3, 0.4) is 0 Å². The maximum atomic E-state index is 13.2. The zero-order valence-corrected chi connectivity index (χ0v) is 16.6. The molecule has 8 heteroatoms. The lowest BCUT2D eigenvalue weighted by atomic mass is 9.97. The summed E-state index contributed by atoms with van der Waals surface area (Å²) in [6.07, 6.45) is 3.16. The number of piperidine rings is 1. The van der Waals surface area contributed by atoms with Crippen molar-refractivity contribution < 1.29 is 19.4 Å². The third-order valence-corrected chi connectivity index (χ3v) is 5.14. The van der Waals surface area contributed by atoms with Crippen LogP contribution < -0.4 is 0 Å². The molecule has 1 amide bonds. The summed E-state index contributed by atoms with van der Waals surface area (Å²) in [5.74, 6) is -0.748. The highest BCUT2D eigenvalue weighted by Crippen LogP contribution is 2.28. The molecule has 0 spiro atoms. The lowest BCUT2D eigenvalue weighted by Gasteiger charge is -2.37. The molecule has 1 unspecified atom stereocenters. The number of esters is 1. The van der Waals surface area contributed by atoms with Crippen molar-refractivity contribution >= 4 is 11.9 Å². The zero-order chi connectivity index (χ0) is 20.5. The molecule has 3 rings (SSSR count). The minimum Gasteiger partial charge on any atom is -0.465 e. The molecule has 1 aromatic carbocycles. The molecule has 2 aromatic rings. The highest BCUT2D eigenvalue weighted by Gasteiger charge is 2.33. The molecule has 150 valence electrons. The van der Waals surface area contributed by atoms with Gasteiger partial charge in [-0.2, -0.15) is 15.0 Å². The molecule has 1 aliphatic rings. The highest BCUT2D eigenvalue weighted by atomic mass is 16.5. The van der Waals surface area contributed by atoms with Gasteiger partial charge in [0.25, 0.3) is 5.91 Å². The summed E-state index contributed by atoms with van der Waals surface area (Å²) in [5.41, 5.74) is -0.00633. The number of aromatic nitrogens is 3. The number of amides is 1. The van der Waals surface area contributed by atoms with Crippen LogP contribution in [0.5, 0.6) is 0 Å². The summed E-state index contributed by atoms with van der Waals surface area (Å²) in [5, 5.41) is 18.8. The Kier molecular flexibility index (Phi) is 5.51. The monoisotopic (exact) mass is 386 g/mol. The molecule has 28 heavy (non-hydrogen) atoms. The molecule has 8 nitrogen and oxygen atoms in total. The largest absolute Gasteiger partial charge is 0.465 e. The third kappa shape index (κ3) is 3.91. The van der Waals surface area contributed by atoms with Gasteiger partial charge in [-0.05, 0) is 45.7 Å². The van der Waals surface area contributed by atoms with Gasteiger partial charge in [0.2, 0.25) is 0 Å². The predicted octanol–water partition coefficient (Wildman–Crippen LogP) is 2.16. The number of hydrogen-bond donors (Lipinski definition) is 1. The van der Waals surface area contributed by atoms with Gasteiger partial charge < -0.3 is 14.7 Å². The number of benzene rings is 1. The standard InChI is InChI=1S/C20H26N4O4/c1-13-9-10-14(24-21-11-17(22-24)20(2,3)27)12-23(13)18(25)15-7-5-6-8-16(15)19(26)28-4/h5-8,11,13-14,27H,9-10,12H2,1-4H3/t13-,14?/m1/s1. The van der Waals surface area contributed by atoms with Crippen molar-refractivity contribution in [1.29, 1.82) is 0 Å². The van der Waals surface area contributed by atoms with E-state index in [1.54, 1.807) is 54.0 Å². The highest BCUT2D eigenvalue weighted by molar-refractivity contribution is 6.05. The van der Waals surface area contributed by atoms with Crippen molar-refractivity contribution in [3.63, 3.8) is 0 Å². The molecule has 1 aromatic heterocycles. The number of nitrogens with zero attached hydrogens (tertiary/aromatic N) is 4. The van der Waals surface area contributed by atoms with Gasteiger partial charge in [0.1, 0.15) is 11.3 Å². The first kappa shape index (κ1) is 20.0. The molecule has 0 radical (unpaired) electrons. The summed E-state index contributed by atoms with van der Waals surface area (Å²) in [4.78, 5) is 28.6. The fourth-order valence-electron chi connectivity index (χ4n) is 3.40. The molecular formula is C20H26N4O4. The van der Waals surface area contributed by atoms with Gasteiger partial charge in [-0.1, -0.05) is 12.1 Å². The first-order chi connectivity index (χ1) is 13.2. The molecule has 0 aliphatic carbocycles. The lowest BCUT2D eigenvalue weighted by Crippen LogP contribution is -2.46. The van der Waals surface area contributed by atoms with E-state index in [9.17, 15) is 14.7 Å². The van der Waals surface area contributed by atoms with Gasteiger partial charge >= 0.3 is 5.97 Å². The van der Waals surface area contributed by atoms with Crippen LogP contribution in [0, 0.1) is 0 Å². The van der Waals surface area contributed by atoms with Gasteiger partial charge in [-0.3, -0.25) is 4.79 Å². The summed E-state index contributed by atoms with van der Waals surface area (Å²) < 4.78 is 4.81. The fourth-order valence-corrected chi connectivity index (χ4v) is 3.40. The fraction of sp³-hybridized carbons (Fsp3) is 0.500. The van der Waals surface area contributed by atoms with E-state index >= 15 is 0 Å². The van der Waals surface area contributed by atoms with Gasteiger partial charge in [-0.15, -0.1) is 0 Å². The Morgan fingerprint density at radius 1 is 1.21 bits per heavy atom. The third-order valence-electron chi connectivity index (χ3n) is 5.14. The molecule has 1 N–H and O–H groups in total. The Labute approximate surface area is 164 Å². The van der Waals surface area contributed by atoms with Crippen LogP contribution in [0.1, 0.15) is 66.1 Å². The smallest absolute Gasteiger partial charge is 0.338 e. The van der Waals surface area contributed by atoms with Gasteiger partial charge in [0.05, 0.1) is 30.5 Å². The van der Waals surface area contributed by atoms with Gasteiger partial charge in [0.15, 0.2) is 0 Å². The van der Waals surface area contributed by atoms with Gasteiger partial charge in [-0.25, -0.2) is 4.79 Å². The van der Waals surface area contributed by atoms with Crippen molar-refractivity contribution in [2.45, 2.75) is 51.3 Å². The topological polar surface area (TPSA) is 97.6 Å². The second-order valence-electron chi connectivity index (χ2n) is 7.68. The average molecular weight is 386 g/mol. The van der Waals surface area contributed by atoms with E-state index in [1.807, 2.05) is 6.92 Å². The number of carbonyl (C=O) groups is 2. The van der Waals surface area contributed by atoms with Crippen LogP contribution in [-0.2, 0) is 10.3 Å². The van der Waals surface area contributed by atoms with Crippen LogP contribution in [0.2, 0.25) is 0 Å². The first-order valence-corrected chi connectivity index (χ1v) is 9.35. The summed E-state index contributed by atoms with van der Waals surface area (Å²) in [6.45, 7) is 5.73. The molecule has 1 aliphatic heterocycles. The Hall–Kier alpha value is -2.74. The van der Waals surface area contributed by atoms with E-state index in [-0.39, 0.29) is 23.6 Å². The van der Waals surface area contributed by atoms with Crippen molar-refractivity contribution in [3.05, 3.63) is 47.3 Å². The van der Waals surface area contributed by atoms with Crippen LogP contribution in [0.25, 0.3) is 0 Å². The van der Waals surface area contributed by atoms with Crippen molar-refractivity contribution in [1.82, 2.24) is 19.9 Å². The van der Waals surface area contributed by atoms with Crippen LogP contribution in [-0.4, -0.2) is 56.6 Å². The molecule has 2 atom stereocenters. The molecule has 0 saturated carbocycles. The molecular weight excluding hydrogens is 360 g/mol. The molecule has 1 fully saturated rings. The van der Waals surface area contributed by atoms with Crippen molar-refractivity contribution in [2.24, 2.45) is 0 Å². The van der Waals surface area contributed by atoms with E-state index in [4.69, 9.17) is 4.74 Å². The lowest BCUT2D eigenvalue weighted by molar-refractivity contribution is 0.0515. The van der Waals surface area contributed by atoms with Crippen LogP contribution >= 0.6 is 0 Å². The van der Waals surface area contributed by atoms with E-state index in [0.29, 0.717) is 17.8 Å². The molecule has 1 saturated heterocycles. The number of methoxy groups -OCH3 is 1. The number of carbonyl (C=O) groups excluding carboxylic acids is 2. The second-order valence-corrected chi connectivity index (χ2v) is 7.68. The normalized spacial score (nSPS) is 20.1. The second kappa shape index (κ2) is 7.71. The number of hydrogen-bond acceptors (Lipinski definition) is 6. The predicted molar refractivity (Wildman–Crippen MR) is 102 cm³/mol. The molecule has 0 bridgehead atoms. The number of rotatable bonds is 4. The molecule has 2 heterocycles. The van der Waals surface area contributed by atoms with Crippen LogP contribution in [0.4, 0.5) is 0 Å². The van der Waals surface area contributed by atoms with Crippen molar-refractivity contribution in [2.75, 3.05) is 13.7 Å². The summed E-state index contributed by atoms with van der Waals surface area (Å²) >= 11 is 0. The first-order valence-electron chi connectivity index (χ1n) is 9.35. The van der Waals surface area contributed by atoms with E-state index < -0.39 is 11.6 Å². The number of ether oxygens (including phenoxy) is 1. The Balaban J connectivity index is 1.85. The van der Waals surface area contributed by atoms with Crippen molar-refractivity contribution in [3.8, 4) is 0 Å². The quantitative estimate of drug-likeness (QED) is 0.809. The van der Waals surface area contributed by atoms with E-state index in [0.717, 1.165) is 12.8 Å². The Morgan fingerprint density at radius 2 is 1.89 bits per heavy atom. The van der Waals surface area contributed by atoms with E-state index in [1.165, 1.54) is 7.11 Å². The maximum Gasteiger partial charge on any atom is 0.338 e. The minimum absolute atomic E-state index is 0.0266. The van der Waals surface area contributed by atoms with Gasteiger partial charge in [0, 0.05) is 12.6 Å². The van der Waals surface area contributed by atoms with E-state index in [2.05, 4.69) is 10.2 Å². The SMILES string of the molecule is COC(=O)c1ccccc1C(=O)N1CC(n2ncc(C(C)(C)O)n2)CC[C@H]1C.